The van der Waals surface area contributed by atoms with Crippen LogP contribution in [0.1, 0.15) is 18.0 Å². The minimum atomic E-state index is -1.10. The molecule has 0 aromatic heterocycles. The largest absolute Gasteiger partial charge is 0.465 e. The zero-order chi connectivity index (χ0) is 11.3. The first-order chi connectivity index (χ1) is 7.11. The third-order valence-electron chi connectivity index (χ3n) is 2.04. The first-order valence-corrected chi connectivity index (χ1v) is 4.58. The summed E-state index contributed by atoms with van der Waals surface area (Å²) in [6.45, 7) is 0.213. The molecule has 0 aliphatic heterocycles. The summed E-state index contributed by atoms with van der Waals surface area (Å²) in [5.41, 5.74) is 6.12. The van der Waals surface area contributed by atoms with Crippen LogP contribution >= 0.6 is 12.4 Å². The van der Waals surface area contributed by atoms with Crippen molar-refractivity contribution in [1.82, 2.24) is 5.32 Å². The van der Waals surface area contributed by atoms with Crippen molar-refractivity contribution in [3.05, 3.63) is 35.6 Å². The van der Waals surface area contributed by atoms with E-state index in [0.29, 0.717) is 12.0 Å². The van der Waals surface area contributed by atoms with Crippen molar-refractivity contribution in [2.75, 3.05) is 6.54 Å². The number of nitrogens with two attached hydrogens (primary N) is 1. The number of nitrogens with one attached hydrogen (secondary N) is 1. The smallest absolute Gasteiger partial charge is 0.404 e. The normalized spacial score (nSPS) is 11.4. The second-order valence-corrected chi connectivity index (χ2v) is 3.15. The molecule has 0 aliphatic carbocycles. The number of carbonyl (C=O) groups is 1. The van der Waals surface area contributed by atoms with Crippen molar-refractivity contribution in [3.63, 3.8) is 0 Å². The Balaban J connectivity index is 0.00000225. The summed E-state index contributed by atoms with van der Waals surface area (Å²) in [6, 6.07) is 5.72. The number of halogens is 2. The maximum absolute atomic E-state index is 13.2. The van der Waals surface area contributed by atoms with Gasteiger partial charge in [-0.3, -0.25) is 0 Å². The van der Waals surface area contributed by atoms with Gasteiger partial charge in [-0.05, 0) is 12.5 Å². The van der Waals surface area contributed by atoms with Gasteiger partial charge >= 0.3 is 6.09 Å². The number of rotatable bonds is 4. The average Bonchev–Trinajstić information content (AvgIpc) is 2.17. The molecule has 0 radical (unpaired) electrons. The Morgan fingerprint density at radius 3 is 2.69 bits per heavy atom. The van der Waals surface area contributed by atoms with E-state index in [1.54, 1.807) is 18.2 Å². The van der Waals surface area contributed by atoms with Gasteiger partial charge in [-0.25, -0.2) is 9.18 Å². The van der Waals surface area contributed by atoms with Crippen LogP contribution in [-0.4, -0.2) is 17.7 Å². The van der Waals surface area contributed by atoms with E-state index in [1.165, 1.54) is 6.07 Å². The van der Waals surface area contributed by atoms with E-state index in [1.807, 2.05) is 0 Å². The van der Waals surface area contributed by atoms with Gasteiger partial charge in [-0.2, -0.15) is 0 Å². The number of hydrogen-bond acceptors (Lipinski definition) is 2. The van der Waals surface area contributed by atoms with Gasteiger partial charge in [-0.15, -0.1) is 12.4 Å². The second kappa shape index (κ2) is 7.03. The highest BCUT2D eigenvalue weighted by Gasteiger charge is 2.10. The topological polar surface area (TPSA) is 75.3 Å². The highest BCUT2D eigenvalue weighted by atomic mass is 35.5. The quantitative estimate of drug-likeness (QED) is 0.762. The number of carboxylic acid groups (broad SMARTS) is 1. The molecule has 0 heterocycles. The predicted octanol–water partition coefficient (Wildman–Crippen LogP) is 1.91. The van der Waals surface area contributed by atoms with Crippen LogP contribution in [0.25, 0.3) is 0 Å². The fraction of sp³-hybridized carbons (Fsp3) is 0.300. The molecule has 4 nitrogen and oxygen atoms in total. The first kappa shape index (κ1) is 14.7. The monoisotopic (exact) mass is 248 g/mol. The molecule has 1 unspecified atom stereocenters. The lowest BCUT2D eigenvalue weighted by molar-refractivity contribution is 0.194. The van der Waals surface area contributed by atoms with Crippen LogP contribution in [0, 0.1) is 5.82 Å². The van der Waals surface area contributed by atoms with Gasteiger partial charge in [0.05, 0.1) is 0 Å². The fourth-order valence-corrected chi connectivity index (χ4v) is 1.27. The van der Waals surface area contributed by atoms with Gasteiger partial charge in [0.15, 0.2) is 0 Å². The Labute approximate surface area is 99.1 Å². The van der Waals surface area contributed by atoms with E-state index in [9.17, 15) is 9.18 Å². The van der Waals surface area contributed by atoms with Gasteiger partial charge in [-0.1, -0.05) is 18.2 Å². The Hall–Kier alpha value is -1.33. The summed E-state index contributed by atoms with van der Waals surface area (Å²) in [6.07, 6.45) is -0.733. The van der Waals surface area contributed by atoms with Crippen molar-refractivity contribution >= 4 is 18.5 Å². The van der Waals surface area contributed by atoms with Crippen molar-refractivity contribution in [2.24, 2.45) is 5.73 Å². The Bertz CT molecular complexity index is 349. The summed E-state index contributed by atoms with van der Waals surface area (Å²) in [5, 5.41) is 10.5. The van der Waals surface area contributed by atoms with Gasteiger partial charge < -0.3 is 16.2 Å². The third-order valence-corrected chi connectivity index (χ3v) is 2.04. The second-order valence-electron chi connectivity index (χ2n) is 3.15. The molecular weight excluding hydrogens is 235 g/mol. The molecule has 0 saturated heterocycles. The summed E-state index contributed by atoms with van der Waals surface area (Å²) in [7, 11) is 0. The molecule has 1 aromatic rings. The summed E-state index contributed by atoms with van der Waals surface area (Å²) < 4.78 is 13.2. The molecule has 90 valence electrons. The standard InChI is InChI=1S/C10H13FN2O2.ClH/c11-8-4-2-1-3-7(8)9(12)5-6-13-10(14)15;/h1-4,9,13H,5-6,12H2,(H,14,15);1H. The first-order valence-electron chi connectivity index (χ1n) is 4.58. The van der Waals surface area contributed by atoms with Crippen LogP contribution in [-0.2, 0) is 0 Å². The molecule has 1 rings (SSSR count). The Morgan fingerprint density at radius 1 is 1.50 bits per heavy atom. The van der Waals surface area contributed by atoms with E-state index in [-0.39, 0.29) is 24.8 Å². The Kier molecular flexibility index (Phi) is 6.44. The SMILES string of the molecule is Cl.NC(CCNC(=O)O)c1ccccc1F. The zero-order valence-electron chi connectivity index (χ0n) is 8.52. The van der Waals surface area contributed by atoms with Crippen LogP contribution in [0.4, 0.5) is 9.18 Å². The molecular formula is C10H14ClFN2O2. The van der Waals surface area contributed by atoms with Crippen molar-refractivity contribution in [2.45, 2.75) is 12.5 Å². The molecule has 0 bridgehead atoms. The summed E-state index contributed by atoms with van der Waals surface area (Å²) >= 11 is 0. The molecule has 0 aliphatic rings. The van der Waals surface area contributed by atoms with Crippen LogP contribution in [0.2, 0.25) is 0 Å². The molecule has 4 N–H and O–H groups in total. The summed E-state index contributed by atoms with van der Waals surface area (Å²) in [5.74, 6) is -0.361. The van der Waals surface area contributed by atoms with Crippen molar-refractivity contribution in [1.29, 1.82) is 0 Å². The van der Waals surface area contributed by atoms with Gasteiger partial charge in [0.25, 0.3) is 0 Å². The highest BCUT2D eigenvalue weighted by molar-refractivity contribution is 5.85. The highest BCUT2D eigenvalue weighted by Crippen LogP contribution is 2.16. The number of hydrogen-bond donors (Lipinski definition) is 3. The molecule has 16 heavy (non-hydrogen) atoms. The van der Waals surface area contributed by atoms with E-state index in [0.717, 1.165) is 0 Å². The van der Waals surface area contributed by atoms with E-state index < -0.39 is 12.1 Å². The van der Waals surface area contributed by atoms with Crippen LogP contribution in [0.3, 0.4) is 0 Å². The molecule has 1 aromatic carbocycles. The van der Waals surface area contributed by atoms with Gasteiger partial charge in [0, 0.05) is 18.2 Å². The molecule has 0 fully saturated rings. The van der Waals surface area contributed by atoms with Crippen molar-refractivity contribution < 1.29 is 14.3 Å². The number of benzene rings is 1. The fourth-order valence-electron chi connectivity index (χ4n) is 1.27. The predicted molar refractivity (Wildman–Crippen MR) is 61.2 cm³/mol. The third kappa shape index (κ3) is 4.46. The van der Waals surface area contributed by atoms with Crippen LogP contribution in [0.15, 0.2) is 24.3 Å². The van der Waals surface area contributed by atoms with Gasteiger partial charge in [0.2, 0.25) is 0 Å². The van der Waals surface area contributed by atoms with Crippen LogP contribution in [0.5, 0.6) is 0 Å². The molecule has 0 saturated carbocycles. The van der Waals surface area contributed by atoms with Crippen LogP contribution < -0.4 is 11.1 Å². The molecule has 6 heteroatoms. The van der Waals surface area contributed by atoms with E-state index in [2.05, 4.69) is 5.32 Å². The maximum Gasteiger partial charge on any atom is 0.404 e. The maximum atomic E-state index is 13.2. The lowest BCUT2D eigenvalue weighted by Gasteiger charge is -2.12. The van der Waals surface area contributed by atoms with E-state index in [4.69, 9.17) is 10.8 Å². The molecule has 1 atom stereocenters. The Morgan fingerprint density at radius 2 is 2.12 bits per heavy atom. The van der Waals surface area contributed by atoms with Gasteiger partial charge in [0.1, 0.15) is 5.82 Å². The lowest BCUT2D eigenvalue weighted by Crippen LogP contribution is -2.25. The van der Waals surface area contributed by atoms with Crippen molar-refractivity contribution in [3.8, 4) is 0 Å². The van der Waals surface area contributed by atoms with E-state index >= 15 is 0 Å². The average molecular weight is 249 g/mol. The molecule has 1 amide bonds. The number of amides is 1. The minimum Gasteiger partial charge on any atom is -0.465 e. The lowest BCUT2D eigenvalue weighted by atomic mass is 10.0. The zero-order valence-corrected chi connectivity index (χ0v) is 9.34. The minimum absolute atomic E-state index is 0. The molecule has 0 spiro atoms. The summed E-state index contributed by atoms with van der Waals surface area (Å²) in [4.78, 5) is 10.2.